The van der Waals surface area contributed by atoms with E-state index in [4.69, 9.17) is 4.74 Å². The summed E-state index contributed by atoms with van der Waals surface area (Å²) >= 11 is 0. The van der Waals surface area contributed by atoms with Gasteiger partial charge in [-0.25, -0.2) is 4.39 Å². The second-order valence-electron chi connectivity index (χ2n) is 10.5. The summed E-state index contributed by atoms with van der Waals surface area (Å²) in [4.78, 5) is 0. The predicted octanol–water partition coefficient (Wildman–Crippen LogP) is 8.47. The zero-order valence-corrected chi connectivity index (χ0v) is 19.0. The van der Waals surface area contributed by atoms with Crippen molar-refractivity contribution < 1.29 is 22.3 Å². The van der Waals surface area contributed by atoms with Gasteiger partial charge in [-0.05, 0) is 99.0 Å². The first kappa shape index (κ1) is 23.8. The van der Waals surface area contributed by atoms with Crippen molar-refractivity contribution in [2.45, 2.75) is 95.2 Å². The Hall–Kier alpha value is -1.36. The molecule has 4 rings (SSSR count). The maximum Gasteiger partial charge on any atom is 0.412 e. The highest BCUT2D eigenvalue weighted by molar-refractivity contribution is 5.28. The topological polar surface area (TPSA) is 9.23 Å². The van der Waals surface area contributed by atoms with Gasteiger partial charge in [0.15, 0.2) is 0 Å². The average molecular weight is 453 g/mol. The highest BCUT2D eigenvalue weighted by Gasteiger charge is 2.32. The van der Waals surface area contributed by atoms with Crippen LogP contribution in [-0.4, -0.2) is 18.9 Å². The molecular formula is C27H36F4O. The summed E-state index contributed by atoms with van der Waals surface area (Å²) in [6, 6.07) is 8.88. The monoisotopic (exact) mass is 452 g/mol. The van der Waals surface area contributed by atoms with Crippen LogP contribution in [0.5, 0.6) is 0 Å². The maximum absolute atomic E-state index is 13.9. The van der Waals surface area contributed by atoms with Gasteiger partial charge in [0, 0.05) is 12.5 Å². The van der Waals surface area contributed by atoms with Crippen molar-refractivity contribution in [1.82, 2.24) is 0 Å². The van der Waals surface area contributed by atoms with Gasteiger partial charge >= 0.3 is 6.18 Å². The van der Waals surface area contributed by atoms with Gasteiger partial charge in [-0.1, -0.05) is 31.2 Å². The molecule has 1 aliphatic heterocycles. The molecule has 1 heterocycles. The molecule has 178 valence electrons. The average Bonchev–Trinajstić information content (AvgIpc) is 2.79. The van der Waals surface area contributed by atoms with Gasteiger partial charge in [0.2, 0.25) is 0 Å². The van der Waals surface area contributed by atoms with Crippen molar-refractivity contribution in [1.29, 1.82) is 0 Å². The minimum atomic E-state index is -4.57. The van der Waals surface area contributed by atoms with Crippen LogP contribution in [0.4, 0.5) is 17.6 Å². The lowest BCUT2D eigenvalue weighted by Crippen LogP contribution is -2.33. The molecule has 32 heavy (non-hydrogen) atoms. The van der Waals surface area contributed by atoms with E-state index in [1.807, 2.05) is 0 Å². The van der Waals surface area contributed by atoms with Crippen LogP contribution < -0.4 is 0 Å². The van der Waals surface area contributed by atoms with E-state index < -0.39 is 17.9 Å². The summed E-state index contributed by atoms with van der Waals surface area (Å²) in [5.74, 6) is 0.751. The molecule has 0 spiro atoms. The van der Waals surface area contributed by atoms with Crippen molar-refractivity contribution in [3.8, 4) is 0 Å². The molecule has 2 unspecified atom stereocenters. The lowest BCUT2D eigenvalue weighted by molar-refractivity contribution is -0.0820. The number of benzene rings is 1. The van der Waals surface area contributed by atoms with E-state index in [-0.39, 0.29) is 6.08 Å². The lowest BCUT2D eigenvalue weighted by Gasteiger charge is -2.37. The third kappa shape index (κ3) is 6.15. The number of hydrogen-bond acceptors (Lipinski definition) is 1. The third-order valence-electron chi connectivity index (χ3n) is 8.13. The molecule has 1 aromatic rings. The highest BCUT2D eigenvalue weighted by Crippen LogP contribution is 2.42. The number of halogens is 4. The Kier molecular flexibility index (Phi) is 7.64. The number of hydrogen-bond donors (Lipinski definition) is 0. The maximum atomic E-state index is 13.9. The SMILES string of the molecule is CC1CCC(C2CCC(c3ccc(C4CCC(/C(F)=C/C(F)(F)F)CC4)cc3)CC2)OC1. The van der Waals surface area contributed by atoms with Crippen LogP contribution in [0.1, 0.15) is 94.1 Å². The normalized spacial score (nSPS) is 35.0. The molecule has 1 nitrogen and oxygen atoms in total. The minimum absolute atomic E-state index is 0.164. The fourth-order valence-electron chi connectivity index (χ4n) is 6.12. The summed E-state index contributed by atoms with van der Waals surface area (Å²) in [6.45, 7) is 3.19. The molecule has 0 radical (unpaired) electrons. The zero-order valence-electron chi connectivity index (χ0n) is 19.0. The van der Waals surface area contributed by atoms with E-state index in [1.54, 1.807) is 0 Å². The Morgan fingerprint density at radius 3 is 1.81 bits per heavy atom. The lowest BCUT2D eigenvalue weighted by atomic mass is 9.74. The second kappa shape index (κ2) is 10.3. The summed E-state index contributed by atoms with van der Waals surface area (Å²) in [5, 5.41) is 0. The second-order valence-corrected chi connectivity index (χ2v) is 10.5. The molecule has 5 heteroatoms. The van der Waals surface area contributed by atoms with Crippen LogP contribution in [0.3, 0.4) is 0 Å². The van der Waals surface area contributed by atoms with Gasteiger partial charge in [-0.3, -0.25) is 0 Å². The first-order valence-corrected chi connectivity index (χ1v) is 12.4. The van der Waals surface area contributed by atoms with Crippen LogP contribution in [0.2, 0.25) is 0 Å². The minimum Gasteiger partial charge on any atom is -0.378 e. The molecule has 0 bridgehead atoms. The van der Waals surface area contributed by atoms with Crippen LogP contribution in [0, 0.1) is 17.8 Å². The Morgan fingerprint density at radius 1 is 0.812 bits per heavy atom. The fraction of sp³-hybridized carbons (Fsp3) is 0.704. The third-order valence-corrected chi connectivity index (χ3v) is 8.13. The van der Waals surface area contributed by atoms with Crippen LogP contribution in [0.25, 0.3) is 0 Å². The van der Waals surface area contributed by atoms with E-state index >= 15 is 0 Å². The van der Waals surface area contributed by atoms with Crippen LogP contribution >= 0.6 is 0 Å². The van der Waals surface area contributed by atoms with Gasteiger partial charge < -0.3 is 4.74 Å². The number of rotatable bonds is 4. The molecular weight excluding hydrogens is 416 g/mol. The number of alkyl halides is 3. The zero-order chi connectivity index (χ0) is 22.7. The Labute approximate surface area is 189 Å². The molecule has 2 saturated carbocycles. The molecule has 2 atom stereocenters. The van der Waals surface area contributed by atoms with Gasteiger partial charge in [0.05, 0.1) is 12.2 Å². The summed E-state index contributed by atoms with van der Waals surface area (Å²) in [5.41, 5.74) is 2.64. The van der Waals surface area contributed by atoms with Gasteiger partial charge in [0.1, 0.15) is 5.83 Å². The van der Waals surface area contributed by atoms with Crippen molar-refractivity contribution in [2.75, 3.05) is 6.61 Å². The van der Waals surface area contributed by atoms with Crippen molar-refractivity contribution >= 4 is 0 Å². The first-order valence-electron chi connectivity index (χ1n) is 12.4. The first-order chi connectivity index (χ1) is 15.3. The Bertz CT molecular complexity index is 745. The van der Waals surface area contributed by atoms with E-state index in [0.29, 0.717) is 42.6 Å². The molecule has 0 N–H and O–H groups in total. The van der Waals surface area contributed by atoms with Crippen LogP contribution in [-0.2, 0) is 4.74 Å². The van der Waals surface area contributed by atoms with E-state index in [1.165, 1.54) is 49.7 Å². The summed E-state index contributed by atoms with van der Waals surface area (Å²) < 4.78 is 57.2. The van der Waals surface area contributed by atoms with Crippen molar-refractivity contribution in [3.63, 3.8) is 0 Å². The molecule has 3 fully saturated rings. The van der Waals surface area contributed by atoms with Crippen LogP contribution in [0.15, 0.2) is 36.2 Å². The summed E-state index contributed by atoms with van der Waals surface area (Å²) in [7, 11) is 0. The standard InChI is InChI=1S/C27H36F4O/c1-18-2-15-26(32-17-18)24-13-9-22(10-14-24)20-5-3-19(4-6-20)21-7-11-23(12-8-21)25(28)16-27(29,30)31/h3-6,16,18,21-24,26H,2,7-15,17H2,1H3/b25-16-. The molecule has 0 aromatic heterocycles. The summed E-state index contributed by atoms with van der Waals surface area (Å²) in [6.07, 6.45) is 5.60. The molecule has 0 amide bonds. The van der Waals surface area contributed by atoms with Crippen molar-refractivity contribution in [2.24, 2.45) is 17.8 Å². The quantitative estimate of drug-likeness (QED) is 0.416. The Balaban J connectivity index is 1.26. The Morgan fingerprint density at radius 2 is 1.34 bits per heavy atom. The number of allylic oxidation sites excluding steroid dienone is 2. The largest absolute Gasteiger partial charge is 0.412 e. The molecule has 3 aliphatic rings. The van der Waals surface area contributed by atoms with Gasteiger partial charge in [-0.15, -0.1) is 0 Å². The molecule has 2 aliphatic carbocycles. The van der Waals surface area contributed by atoms with Crippen molar-refractivity contribution in [3.05, 3.63) is 47.3 Å². The van der Waals surface area contributed by atoms with Gasteiger partial charge in [0.25, 0.3) is 0 Å². The van der Waals surface area contributed by atoms with Gasteiger partial charge in [-0.2, -0.15) is 13.2 Å². The molecule has 1 saturated heterocycles. The van der Waals surface area contributed by atoms with E-state index in [2.05, 4.69) is 31.2 Å². The number of ether oxygens (including phenoxy) is 1. The van der Waals surface area contributed by atoms with E-state index in [0.717, 1.165) is 19.4 Å². The predicted molar refractivity (Wildman–Crippen MR) is 119 cm³/mol. The fourth-order valence-corrected chi connectivity index (χ4v) is 6.12. The van der Waals surface area contributed by atoms with E-state index in [9.17, 15) is 17.6 Å². The highest BCUT2D eigenvalue weighted by atomic mass is 19.4. The molecule has 1 aromatic carbocycles. The smallest absolute Gasteiger partial charge is 0.378 e.